The maximum atomic E-state index is 12.2. The van der Waals surface area contributed by atoms with Gasteiger partial charge in [-0.1, -0.05) is 12.7 Å². The molecule has 0 spiro atoms. The second kappa shape index (κ2) is 8.70. The van der Waals surface area contributed by atoms with Gasteiger partial charge in [-0.05, 0) is 51.5 Å². The number of carbonyl (C=O) groups excluding carboxylic acids is 1. The standard InChI is InChI=1S/C18H26O5/c1-7-14-10-15(17(19)23-18(3,4)5)12-16(11-14)22-13(2)21-9-8-20-6/h7,10-13H,1,8-9H2,2-6H3. The van der Waals surface area contributed by atoms with Gasteiger partial charge in [-0.3, -0.25) is 0 Å². The number of ether oxygens (including phenoxy) is 4. The Morgan fingerprint density at radius 3 is 2.52 bits per heavy atom. The van der Waals surface area contributed by atoms with E-state index >= 15 is 0 Å². The van der Waals surface area contributed by atoms with Crippen molar-refractivity contribution in [3.05, 3.63) is 35.9 Å². The molecule has 1 rings (SSSR count). The Morgan fingerprint density at radius 1 is 1.26 bits per heavy atom. The average molecular weight is 322 g/mol. The summed E-state index contributed by atoms with van der Waals surface area (Å²) >= 11 is 0. The van der Waals surface area contributed by atoms with Gasteiger partial charge in [0.25, 0.3) is 0 Å². The lowest BCUT2D eigenvalue weighted by molar-refractivity contribution is -0.0796. The summed E-state index contributed by atoms with van der Waals surface area (Å²) in [6.45, 7) is 11.9. The van der Waals surface area contributed by atoms with Crippen LogP contribution in [0.15, 0.2) is 24.8 Å². The molecule has 0 aliphatic heterocycles. The van der Waals surface area contributed by atoms with Crippen molar-refractivity contribution in [2.75, 3.05) is 20.3 Å². The Morgan fingerprint density at radius 2 is 1.96 bits per heavy atom. The Hall–Kier alpha value is -1.85. The zero-order chi connectivity index (χ0) is 17.5. The van der Waals surface area contributed by atoms with Gasteiger partial charge < -0.3 is 18.9 Å². The molecule has 1 unspecified atom stereocenters. The van der Waals surface area contributed by atoms with Crippen LogP contribution in [0.25, 0.3) is 6.08 Å². The zero-order valence-electron chi connectivity index (χ0n) is 14.5. The molecule has 5 nitrogen and oxygen atoms in total. The van der Waals surface area contributed by atoms with Crippen molar-refractivity contribution >= 4 is 12.0 Å². The van der Waals surface area contributed by atoms with Crippen molar-refractivity contribution in [3.8, 4) is 5.75 Å². The van der Waals surface area contributed by atoms with Crippen molar-refractivity contribution in [1.82, 2.24) is 0 Å². The van der Waals surface area contributed by atoms with Crippen molar-refractivity contribution in [1.29, 1.82) is 0 Å². The van der Waals surface area contributed by atoms with E-state index in [-0.39, 0.29) is 0 Å². The van der Waals surface area contributed by atoms with Crippen molar-refractivity contribution in [2.24, 2.45) is 0 Å². The van der Waals surface area contributed by atoms with Gasteiger partial charge in [0.15, 0.2) is 6.29 Å². The number of rotatable bonds is 8. The summed E-state index contributed by atoms with van der Waals surface area (Å²) in [5.41, 5.74) is 0.627. The van der Waals surface area contributed by atoms with Gasteiger partial charge in [0.1, 0.15) is 11.4 Å². The summed E-state index contributed by atoms with van der Waals surface area (Å²) in [6.07, 6.45) is 1.19. The maximum Gasteiger partial charge on any atom is 0.338 e. The number of benzene rings is 1. The topological polar surface area (TPSA) is 54.0 Å². The Labute approximate surface area is 138 Å². The first kappa shape index (κ1) is 19.2. The van der Waals surface area contributed by atoms with E-state index in [0.29, 0.717) is 24.5 Å². The van der Waals surface area contributed by atoms with Gasteiger partial charge in [-0.15, -0.1) is 0 Å². The van der Waals surface area contributed by atoms with Crippen LogP contribution in [0, 0.1) is 0 Å². The minimum absolute atomic E-state index is 0.404. The molecule has 0 fully saturated rings. The third kappa shape index (κ3) is 7.30. The van der Waals surface area contributed by atoms with E-state index in [2.05, 4.69) is 6.58 Å². The van der Waals surface area contributed by atoms with Crippen LogP contribution in [0.1, 0.15) is 43.6 Å². The van der Waals surface area contributed by atoms with Crippen LogP contribution in [0.2, 0.25) is 0 Å². The van der Waals surface area contributed by atoms with Gasteiger partial charge >= 0.3 is 5.97 Å². The summed E-state index contributed by atoms with van der Waals surface area (Å²) in [5, 5.41) is 0. The van der Waals surface area contributed by atoms with E-state index in [9.17, 15) is 4.79 Å². The lowest BCUT2D eigenvalue weighted by Gasteiger charge is -2.20. The van der Waals surface area contributed by atoms with E-state index in [1.807, 2.05) is 20.8 Å². The highest BCUT2D eigenvalue weighted by Crippen LogP contribution is 2.22. The Bertz CT molecular complexity index is 531. The van der Waals surface area contributed by atoms with Crippen molar-refractivity contribution in [3.63, 3.8) is 0 Å². The molecule has 0 saturated carbocycles. The van der Waals surface area contributed by atoms with E-state index in [4.69, 9.17) is 18.9 Å². The normalized spacial score (nSPS) is 12.6. The lowest BCUT2D eigenvalue weighted by atomic mass is 10.1. The first-order chi connectivity index (χ1) is 10.7. The quantitative estimate of drug-likeness (QED) is 0.415. The molecule has 0 radical (unpaired) electrons. The van der Waals surface area contributed by atoms with Crippen LogP contribution in [0.4, 0.5) is 0 Å². The van der Waals surface area contributed by atoms with E-state index in [1.54, 1.807) is 38.3 Å². The van der Waals surface area contributed by atoms with Crippen molar-refractivity contribution in [2.45, 2.75) is 39.6 Å². The van der Waals surface area contributed by atoms with Crippen LogP contribution in [-0.4, -0.2) is 38.2 Å². The molecule has 1 atom stereocenters. The van der Waals surface area contributed by atoms with Crippen LogP contribution in [0.5, 0.6) is 5.75 Å². The molecule has 0 aliphatic carbocycles. The van der Waals surface area contributed by atoms with Gasteiger partial charge in [0.05, 0.1) is 18.8 Å². The number of hydrogen-bond acceptors (Lipinski definition) is 5. The second-order valence-corrected chi connectivity index (χ2v) is 6.05. The molecule has 0 heterocycles. The summed E-state index contributed by atoms with van der Waals surface area (Å²) in [4.78, 5) is 12.2. The molecular formula is C18H26O5. The minimum atomic E-state index is -0.557. The first-order valence-corrected chi connectivity index (χ1v) is 7.53. The highest BCUT2D eigenvalue weighted by atomic mass is 16.7. The lowest BCUT2D eigenvalue weighted by Crippen LogP contribution is -2.24. The number of hydrogen-bond donors (Lipinski definition) is 0. The molecule has 5 heteroatoms. The van der Waals surface area contributed by atoms with Crippen LogP contribution >= 0.6 is 0 Å². The molecule has 0 aliphatic rings. The largest absolute Gasteiger partial charge is 0.465 e. The molecule has 23 heavy (non-hydrogen) atoms. The molecule has 0 aromatic heterocycles. The zero-order valence-corrected chi connectivity index (χ0v) is 14.5. The fourth-order valence-electron chi connectivity index (χ4n) is 1.79. The molecule has 0 N–H and O–H groups in total. The number of carbonyl (C=O) groups is 1. The monoisotopic (exact) mass is 322 g/mol. The average Bonchev–Trinajstić information content (AvgIpc) is 2.45. The third-order valence-corrected chi connectivity index (χ3v) is 2.74. The van der Waals surface area contributed by atoms with Gasteiger partial charge in [-0.25, -0.2) is 4.79 Å². The predicted molar refractivity (Wildman–Crippen MR) is 89.6 cm³/mol. The molecule has 0 bridgehead atoms. The van der Waals surface area contributed by atoms with Crippen LogP contribution in [0.3, 0.4) is 0 Å². The Kier molecular flexibility index (Phi) is 7.26. The fraction of sp³-hybridized carbons (Fsp3) is 0.500. The summed E-state index contributed by atoms with van der Waals surface area (Å²) < 4.78 is 21.4. The molecular weight excluding hydrogens is 296 g/mol. The number of esters is 1. The van der Waals surface area contributed by atoms with E-state index in [1.165, 1.54) is 0 Å². The fourth-order valence-corrected chi connectivity index (χ4v) is 1.79. The summed E-state index contributed by atoms with van der Waals surface area (Å²) in [6, 6.07) is 5.14. The van der Waals surface area contributed by atoms with Gasteiger partial charge in [0.2, 0.25) is 0 Å². The predicted octanol–water partition coefficient (Wildman–Crippen LogP) is 3.67. The van der Waals surface area contributed by atoms with Crippen LogP contribution in [-0.2, 0) is 14.2 Å². The smallest absolute Gasteiger partial charge is 0.338 e. The maximum absolute atomic E-state index is 12.2. The van der Waals surface area contributed by atoms with Crippen molar-refractivity contribution < 1.29 is 23.7 Å². The van der Waals surface area contributed by atoms with Crippen LogP contribution < -0.4 is 4.74 Å². The number of methoxy groups -OCH3 is 1. The van der Waals surface area contributed by atoms with E-state index < -0.39 is 17.9 Å². The summed E-state index contributed by atoms with van der Waals surface area (Å²) in [7, 11) is 1.61. The highest BCUT2D eigenvalue weighted by molar-refractivity contribution is 5.91. The molecule has 0 saturated heterocycles. The Balaban J connectivity index is 2.86. The SMILES string of the molecule is C=Cc1cc(OC(C)OCCOC)cc(C(=O)OC(C)(C)C)c1. The minimum Gasteiger partial charge on any atom is -0.465 e. The van der Waals surface area contributed by atoms with E-state index in [0.717, 1.165) is 5.56 Å². The molecule has 0 amide bonds. The molecule has 128 valence electrons. The second-order valence-electron chi connectivity index (χ2n) is 6.05. The molecule has 1 aromatic carbocycles. The highest BCUT2D eigenvalue weighted by Gasteiger charge is 2.19. The molecule has 1 aromatic rings. The first-order valence-electron chi connectivity index (χ1n) is 7.53. The van der Waals surface area contributed by atoms with Gasteiger partial charge in [-0.2, -0.15) is 0 Å². The van der Waals surface area contributed by atoms with Gasteiger partial charge in [0, 0.05) is 7.11 Å². The summed E-state index contributed by atoms with van der Waals surface area (Å²) in [5.74, 6) is 0.118. The third-order valence-electron chi connectivity index (χ3n) is 2.74.